The number of rotatable bonds is 29. The Morgan fingerprint density at radius 2 is 0.667 bits per heavy atom. The lowest BCUT2D eigenvalue weighted by atomic mass is 10.3. The Kier molecular flexibility index (Phi) is 14.3. The van der Waals surface area contributed by atoms with Crippen molar-refractivity contribution in [3.63, 3.8) is 0 Å². The molecule has 4 heterocycles. The van der Waals surface area contributed by atoms with E-state index in [1.807, 2.05) is 104 Å². The molecule has 0 spiro atoms. The summed E-state index contributed by atoms with van der Waals surface area (Å²) in [5.74, 6) is 4.65. The molecule has 0 saturated carbocycles. The first-order valence-electron chi connectivity index (χ1n) is 20.3. The van der Waals surface area contributed by atoms with Crippen molar-refractivity contribution in [3.05, 3.63) is 109 Å². The standard InChI is InChI=1S/C45H52O14Si/c1-3-60(2,58-36(28-54-42-16-8-4-12-38(42)50-24-32-20-46-32)29-55-43-17-9-5-13-39(43)51-25-33-21-47-33)59-37(30-56-44-18-10-6-14-40(44)52-26-34-22-48-34)31-57-45-19-11-7-15-41(45)53-27-35-23-49-35/h3-19,32-37H,1,20-31H2,2H3. The summed E-state index contributed by atoms with van der Waals surface area (Å²) in [5.41, 5.74) is 1.73. The Morgan fingerprint density at radius 1 is 0.450 bits per heavy atom. The van der Waals surface area contributed by atoms with Crippen LogP contribution in [0.1, 0.15) is 0 Å². The van der Waals surface area contributed by atoms with E-state index in [1.54, 1.807) is 5.70 Å². The van der Waals surface area contributed by atoms with E-state index in [2.05, 4.69) is 6.58 Å². The first kappa shape index (κ1) is 41.7. The smallest absolute Gasteiger partial charge is 0.362 e. The Morgan fingerprint density at radius 3 is 0.867 bits per heavy atom. The maximum Gasteiger partial charge on any atom is 0.362 e. The number of benzene rings is 4. The van der Waals surface area contributed by atoms with Gasteiger partial charge in [-0.25, -0.2) is 0 Å². The zero-order chi connectivity index (χ0) is 41.0. The fraction of sp³-hybridized carbons (Fsp3) is 0.422. The van der Waals surface area contributed by atoms with Crippen LogP contribution in [0.2, 0.25) is 6.55 Å². The molecule has 4 unspecified atom stereocenters. The lowest BCUT2D eigenvalue weighted by Crippen LogP contribution is -2.49. The van der Waals surface area contributed by atoms with Crippen LogP contribution in [0.25, 0.3) is 0 Å². The van der Waals surface area contributed by atoms with Crippen molar-refractivity contribution in [3.8, 4) is 46.0 Å². The average molecular weight is 845 g/mol. The Bertz CT molecular complexity index is 1710. The highest BCUT2D eigenvalue weighted by atomic mass is 28.4. The van der Waals surface area contributed by atoms with Crippen LogP contribution in [0, 0.1) is 0 Å². The number of para-hydroxylation sites is 8. The second kappa shape index (κ2) is 20.5. The van der Waals surface area contributed by atoms with E-state index >= 15 is 0 Å². The summed E-state index contributed by atoms with van der Waals surface area (Å²) in [5, 5.41) is 0. The third-order valence-electron chi connectivity index (χ3n) is 9.58. The summed E-state index contributed by atoms with van der Waals surface area (Å²) >= 11 is 0. The monoisotopic (exact) mass is 844 g/mol. The van der Waals surface area contributed by atoms with Gasteiger partial charge in [0.05, 0.1) is 26.4 Å². The molecule has 4 aromatic rings. The molecule has 4 fully saturated rings. The van der Waals surface area contributed by atoms with Crippen molar-refractivity contribution in [2.75, 3.05) is 79.3 Å². The molecule has 320 valence electrons. The van der Waals surface area contributed by atoms with E-state index in [1.165, 1.54) is 0 Å². The molecule has 0 radical (unpaired) electrons. The van der Waals surface area contributed by atoms with E-state index in [4.69, 9.17) is 65.7 Å². The topological polar surface area (TPSA) is 142 Å². The molecule has 4 aliphatic heterocycles. The van der Waals surface area contributed by atoms with Gasteiger partial charge in [-0.3, -0.25) is 0 Å². The lowest BCUT2D eigenvalue weighted by molar-refractivity contribution is 0.0107. The summed E-state index contributed by atoms with van der Waals surface area (Å²) in [4.78, 5) is 0. The normalized spacial score (nSPS) is 21.6. The summed E-state index contributed by atoms with van der Waals surface area (Å²) < 4.78 is 84.9. The van der Waals surface area contributed by atoms with Gasteiger partial charge in [0, 0.05) is 0 Å². The Hall–Kier alpha value is -5.00. The van der Waals surface area contributed by atoms with Crippen LogP contribution in [0.15, 0.2) is 109 Å². The van der Waals surface area contributed by atoms with Crippen LogP contribution in [0.3, 0.4) is 0 Å². The Balaban J connectivity index is 0.989. The maximum absolute atomic E-state index is 6.89. The summed E-state index contributed by atoms with van der Waals surface area (Å²) in [6, 6.07) is 30.0. The highest BCUT2D eigenvalue weighted by Crippen LogP contribution is 2.33. The minimum atomic E-state index is -3.29. The van der Waals surface area contributed by atoms with Gasteiger partial charge in [0.15, 0.2) is 46.0 Å². The van der Waals surface area contributed by atoms with E-state index in [0.717, 1.165) is 0 Å². The molecule has 0 bridgehead atoms. The molecule has 15 heteroatoms. The molecule has 0 N–H and O–H groups in total. The van der Waals surface area contributed by atoms with Gasteiger partial charge in [0.1, 0.15) is 89.5 Å². The summed E-state index contributed by atoms with van der Waals surface area (Å²) in [6.07, 6.45) is -0.926. The summed E-state index contributed by atoms with van der Waals surface area (Å²) in [6.45, 7) is 11.0. The molecule has 4 aromatic carbocycles. The van der Waals surface area contributed by atoms with Crippen LogP contribution in [-0.2, 0) is 27.8 Å². The molecule has 0 aromatic heterocycles. The molecular weight excluding hydrogens is 793 g/mol. The number of hydrogen-bond donors (Lipinski definition) is 0. The second-order valence-electron chi connectivity index (χ2n) is 14.8. The van der Waals surface area contributed by atoms with E-state index in [9.17, 15) is 0 Å². The quantitative estimate of drug-likeness (QED) is 0.0467. The van der Waals surface area contributed by atoms with Gasteiger partial charge in [-0.15, -0.1) is 6.58 Å². The first-order valence-corrected chi connectivity index (χ1v) is 22.7. The molecule has 14 nitrogen and oxygen atoms in total. The molecule has 4 saturated heterocycles. The van der Waals surface area contributed by atoms with Crippen LogP contribution >= 0.6 is 0 Å². The van der Waals surface area contributed by atoms with Crippen LogP contribution in [-0.4, -0.2) is 124 Å². The molecule has 4 atom stereocenters. The van der Waals surface area contributed by atoms with Gasteiger partial charge in [-0.1, -0.05) is 48.5 Å². The molecule has 0 aliphatic carbocycles. The zero-order valence-electron chi connectivity index (χ0n) is 33.7. The number of hydrogen-bond acceptors (Lipinski definition) is 14. The van der Waals surface area contributed by atoms with Crippen LogP contribution in [0.4, 0.5) is 0 Å². The van der Waals surface area contributed by atoms with Gasteiger partial charge in [0.25, 0.3) is 0 Å². The fourth-order valence-corrected chi connectivity index (χ4v) is 7.74. The van der Waals surface area contributed by atoms with E-state index in [0.29, 0.717) is 98.9 Å². The van der Waals surface area contributed by atoms with Gasteiger partial charge < -0.3 is 65.7 Å². The molecule has 0 amide bonds. The number of ether oxygens (including phenoxy) is 12. The second-order valence-corrected chi connectivity index (χ2v) is 17.7. The summed E-state index contributed by atoms with van der Waals surface area (Å²) in [7, 11) is -3.29. The average Bonchev–Trinajstić information content (AvgIpc) is 4.06. The van der Waals surface area contributed by atoms with Crippen molar-refractivity contribution in [1.29, 1.82) is 0 Å². The van der Waals surface area contributed by atoms with Gasteiger partial charge in [0.2, 0.25) is 0 Å². The molecular formula is C45H52O14Si. The third-order valence-corrected chi connectivity index (χ3v) is 11.9. The predicted molar refractivity (Wildman–Crippen MR) is 220 cm³/mol. The highest BCUT2D eigenvalue weighted by Gasteiger charge is 2.37. The van der Waals surface area contributed by atoms with Crippen molar-refractivity contribution < 1.29 is 65.7 Å². The third kappa shape index (κ3) is 13.2. The molecule has 60 heavy (non-hydrogen) atoms. The lowest BCUT2D eigenvalue weighted by Gasteiger charge is -2.33. The van der Waals surface area contributed by atoms with Crippen LogP contribution < -0.4 is 37.9 Å². The van der Waals surface area contributed by atoms with Gasteiger partial charge >= 0.3 is 8.56 Å². The van der Waals surface area contributed by atoms with E-state index < -0.39 is 20.8 Å². The first-order chi connectivity index (χ1) is 29.5. The van der Waals surface area contributed by atoms with Crippen molar-refractivity contribution in [2.24, 2.45) is 0 Å². The fourth-order valence-electron chi connectivity index (χ4n) is 5.89. The van der Waals surface area contributed by atoms with Crippen molar-refractivity contribution in [1.82, 2.24) is 0 Å². The minimum absolute atomic E-state index is 0.0883. The van der Waals surface area contributed by atoms with Gasteiger partial charge in [-0.05, 0) is 60.8 Å². The molecule has 4 aliphatic rings. The SMILES string of the molecule is C=C[Si](C)(OC(COc1ccccc1OCC1CO1)COc1ccccc1OCC1CO1)OC(COc1ccccc1OCC1CO1)COc1ccccc1OCC1CO1. The van der Waals surface area contributed by atoms with Crippen molar-refractivity contribution >= 4 is 8.56 Å². The van der Waals surface area contributed by atoms with Gasteiger partial charge in [-0.2, -0.15) is 0 Å². The largest absolute Gasteiger partial charge is 0.487 e. The predicted octanol–water partition coefficient (Wildman–Crippen LogP) is 5.98. The maximum atomic E-state index is 6.89. The molecule has 8 rings (SSSR count). The van der Waals surface area contributed by atoms with Crippen LogP contribution in [0.5, 0.6) is 46.0 Å². The number of epoxide rings is 4. The minimum Gasteiger partial charge on any atom is -0.487 e. The van der Waals surface area contributed by atoms with Crippen molar-refractivity contribution in [2.45, 2.75) is 43.2 Å². The van der Waals surface area contributed by atoms with E-state index in [-0.39, 0.29) is 50.8 Å². The highest BCUT2D eigenvalue weighted by molar-refractivity contribution is 6.71. The zero-order valence-corrected chi connectivity index (χ0v) is 34.7. The Labute approximate surface area is 351 Å².